The van der Waals surface area contributed by atoms with Crippen molar-refractivity contribution >= 4 is 46.1 Å². The SMILES string of the molecule is CC(C)N(C)[C@@H]1CC[C@H](N2CC[C@H](Nc3ncnc4ccc(C(F)(F)F)cc34)C2=O)[C@H](NC(=O)C2CCC(CC(=O)CCCOCC3CCC(COCCNC(=O)[C@H]4CC(=O)N(C)[C@@H]4c4cccnc4)CC3)CC2)C1. The number of likely N-dealkylation sites (tertiary alicyclic amines) is 2. The number of benzene rings is 1. The first-order valence-electron chi connectivity index (χ1n) is 27.6. The van der Waals surface area contributed by atoms with E-state index in [4.69, 9.17) is 9.47 Å². The number of nitrogens with zero attached hydrogens (tertiary/aromatic N) is 6. The van der Waals surface area contributed by atoms with E-state index in [0.29, 0.717) is 114 Å². The molecule has 0 unspecified atom stereocenters. The summed E-state index contributed by atoms with van der Waals surface area (Å²) < 4.78 is 52.9. The third-order valence-corrected chi connectivity index (χ3v) is 17.1. The summed E-state index contributed by atoms with van der Waals surface area (Å²) in [7, 11) is 3.83. The van der Waals surface area contributed by atoms with E-state index >= 15 is 0 Å². The van der Waals surface area contributed by atoms with Crippen LogP contribution in [0.25, 0.3) is 10.9 Å². The van der Waals surface area contributed by atoms with Gasteiger partial charge in [-0.1, -0.05) is 6.07 Å². The van der Waals surface area contributed by atoms with Gasteiger partial charge in [-0.25, -0.2) is 9.97 Å². The number of hydrogen-bond acceptors (Lipinski definition) is 12. The van der Waals surface area contributed by atoms with Crippen LogP contribution in [0.5, 0.6) is 0 Å². The topological polar surface area (TPSA) is 188 Å². The zero-order valence-electron chi connectivity index (χ0n) is 44.2. The predicted molar refractivity (Wildman–Crippen MR) is 277 cm³/mol. The van der Waals surface area contributed by atoms with Gasteiger partial charge < -0.3 is 40.1 Å². The number of anilines is 1. The van der Waals surface area contributed by atoms with E-state index in [9.17, 15) is 37.1 Å². The van der Waals surface area contributed by atoms with Crippen LogP contribution in [-0.4, -0.2) is 143 Å². The van der Waals surface area contributed by atoms with Crippen molar-refractivity contribution in [1.29, 1.82) is 0 Å². The molecular formula is C56H78F3N9O7. The fourth-order valence-electron chi connectivity index (χ4n) is 12.4. The molecule has 3 saturated carbocycles. The van der Waals surface area contributed by atoms with Gasteiger partial charge in [0.25, 0.3) is 0 Å². The molecule has 4 heterocycles. The summed E-state index contributed by atoms with van der Waals surface area (Å²) in [5.74, 6) is 0.657. The van der Waals surface area contributed by atoms with Gasteiger partial charge in [0.15, 0.2) is 0 Å². The summed E-state index contributed by atoms with van der Waals surface area (Å²) in [5, 5.41) is 9.71. The number of nitrogens with one attached hydrogen (secondary N) is 3. The molecule has 2 aromatic heterocycles. The summed E-state index contributed by atoms with van der Waals surface area (Å²) in [6.45, 7) is 7.47. The van der Waals surface area contributed by atoms with Gasteiger partial charge in [-0.2, -0.15) is 13.2 Å². The number of ketones is 1. The highest BCUT2D eigenvalue weighted by Gasteiger charge is 2.45. The van der Waals surface area contributed by atoms with Gasteiger partial charge in [0, 0.05) is 95.0 Å². The van der Waals surface area contributed by atoms with Crippen molar-refractivity contribution in [2.24, 2.45) is 29.6 Å². The van der Waals surface area contributed by atoms with Crippen molar-refractivity contribution in [3.8, 4) is 0 Å². The van der Waals surface area contributed by atoms with Crippen LogP contribution in [0.4, 0.5) is 19.0 Å². The van der Waals surface area contributed by atoms with Gasteiger partial charge in [-0.05, 0) is 152 Å². The number of fused-ring (bicyclic) bond motifs is 1. The molecule has 0 bridgehead atoms. The van der Waals surface area contributed by atoms with Crippen LogP contribution in [0.3, 0.4) is 0 Å². The number of pyridine rings is 1. The number of ether oxygens (including phenoxy) is 2. The first kappa shape index (κ1) is 55.9. The van der Waals surface area contributed by atoms with Gasteiger partial charge in [0.05, 0.1) is 41.7 Å². The third-order valence-electron chi connectivity index (χ3n) is 17.1. The summed E-state index contributed by atoms with van der Waals surface area (Å²) in [4.78, 5) is 85.1. The average molecular weight is 1050 g/mol. The maximum atomic E-state index is 14.1. The van der Waals surface area contributed by atoms with Crippen LogP contribution in [0.15, 0.2) is 49.1 Å². The number of halogens is 3. The van der Waals surface area contributed by atoms with Crippen molar-refractivity contribution in [1.82, 2.24) is 40.3 Å². The number of hydrogen-bond donors (Lipinski definition) is 3. The van der Waals surface area contributed by atoms with Gasteiger partial charge in [-0.15, -0.1) is 0 Å². The van der Waals surface area contributed by atoms with E-state index in [-0.39, 0.29) is 83.0 Å². The highest BCUT2D eigenvalue weighted by Crippen LogP contribution is 2.39. The van der Waals surface area contributed by atoms with Crippen LogP contribution < -0.4 is 16.0 Å². The zero-order valence-corrected chi connectivity index (χ0v) is 44.2. The lowest BCUT2D eigenvalue weighted by molar-refractivity contribution is -0.137. The summed E-state index contributed by atoms with van der Waals surface area (Å²) in [6.07, 6.45) is 12.0. The number of rotatable bonds is 22. The summed E-state index contributed by atoms with van der Waals surface area (Å²) in [5.41, 5.74) is 0.379. The fourth-order valence-corrected chi connectivity index (χ4v) is 12.4. The minimum absolute atomic E-state index is 0.00165. The highest BCUT2D eigenvalue weighted by molar-refractivity contribution is 5.93. The third kappa shape index (κ3) is 14.4. The van der Waals surface area contributed by atoms with Gasteiger partial charge in [0.2, 0.25) is 23.6 Å². The van der Waals surface area contributed by atoms with E-state index in [2.05, 4.69) is 56.7 Å². The molecule has 19 heteroatoms. The van der Waals surface area contributed by atoms with E-state index in [1.165, 1.54) is 12.4 Å². The Morgan fingerprint density at radius 2 is 1.60 bits per heavy atom. The Kier molecular flexibility index (Phi) is 19.2. The highest BCUT2D eigenvalue weighted by atomic mass is 19.4. The van der Waals surface area contributed by atoms with Crippen LogP contribution >= 0.6 is 0 Å². The monoisotopic (exact) mass is 1050 g/mol. The number of carbonyl (C=O) groups is 5. The van der Waals surface area contributed by atoms with Crippen LogP contribution in [0.2, 0.25) is 0 Å². The maximum absolute atomic E-state index is 14.1. The molecule has 0 spiro atoms. The molecule has 5 fully saturated rings. The minimum atomic E-state index is -4.54. The number of alkyl halides is 3. The molecular weight excluding hydrogens is 968 g/mol. The lowest BCUT2D eigenvalue weighted by Crippen LogP contribution is -2.59. The predicted octanol–water partition coefficient (Wildman–Crippen LogP) is 7.52. The maximum Gasteiger partial charge on any atom is 0.416 e. The number of amides is 4. The summed E-state index contributed by atoms with van der Waals surface area (Å²) in [6, 6.07) is 6.05. The number of aromatic nitrogens is 3. The van der Waals surface area contributed by atoms with Crippen molar-refractivity contribution in [3.05, 3.63) is 60.2 Å². The minimum Gasteiger partial charge on any atom is -0.381 e. The Bertz CT molecular complexity index is 2420. The fraction of sp³-hybridized carbons (Fsp3) is 0.679. The molecule has 3 N–H and O–H groups in total. The lowest BCUT2D eigenvalue weighted by Gasteiger charge is -2.45. The molecule has 5 aliphatic rings. The van der Waals surface area contributed by atoms with E-state index in [0.717, 1.165) is 62.6 Å². The van der Waals surface area contributed by atoms with E-state index < -0.39 is 23.7 Å². The molecule has 6 atom stereocenters. The zero-order chi connectivity index (χ0) is 53.2. The molecule has 8 rings (SSSR count). The largest absolute Gasteiger partial charge is 0.416 e. The van der Waals surface area contributed by atoms with Crippen molar-refractivity contribution in [2.75, 3.05) is 58.9 Å². The molecule has 3 aromatic rings. The Hall–Kier alpha value is -5.27. The smallest absolute Gasteiger partial charge is 0.381 e. The Morgan fingerprint density at radius 1 is 0.880 bits per heavy atom. The second-order valence-corrected chi connectivity index (χ2v) is 22.3. The van der Waals surface area contributed by atoms with Crippen LogP contribution in [-0.2, 0) is 39.6 Å². The van der Waals surface area contributed by atoms with Crippen molar-refractivity contribution in [2.45, 2.75) is 159 Å². The quantitative estimate of drug-likeness (QED) is 0.0842. The number of Topliss-reactive ketones (excluding diaryl/α,β-unsaturated/α-hetero) is 1. The molecule has 2 saturated heterocycles. The Labute approximate surface area is 439 Å². The van der Waals surface area contributed by atoms with Crippen LogP contribution in [0, 0.1) is 29.6 Å². The standard InChI is InChI=1S/C56H78F3N9O7/c1-35(2)66(3)42-18-20-49(68-24-21-47(55(68)73)64-52-44-28-41(56(57,58)59)17-19-46(44)62-34-63-52)48(29-42)65-53(71)39-15-13-36(14-16-39)27-43(69)8-6-25-74-32-37-9-11-38(12-10-37)33-75-26-23-61-54(72)45-30-50(70)67(4)51(45)40-7-5-22-60-31-40/h5,7,17,19,22,28,31,34-39,42,45,47-49,51H,6,8-16,18,20-21,23-27,29-30,32-33H2,1-4H3,(H,61,72)(H,65,71)(H,62,63,64)/t36?,37?,38?,39?,42-,45+,47+,48-,49+,51-/m1/s1. The molecule has 410 valence electrons. The molecule has 0 radical (unpaired) electrons. The summed E-state index contributed by atoms with van der Waals surface area (Å²) >= 11 is 0. The molecule has 4 amide bonds. The normalized spacial score (nSPS) is 27.6. The van der Waals surface area contributed by atoms with E-state index in [1.54, 1.807) is 24.3 Å². The van der Waals surface area contributed by atoms with Crippen LogP contribution in [0.1, 0.15) is 134 Å². The first-order valence-corrected chi connectivity index (χ1v) is 27.6. The average Bonchev–Trinajstić information content (AvgIpc) is 3.92. The number of carbonyl (C=O) groups excluding carboxylic acids is 5. The molecule has 3 aliphatic carbocycles. The van der Waals surface area contributed by atoms with E-state index in [1.807, 2.05) is 17.0 Å². The molecule has 2 aliphatic heterocycles. The molecule has 1 aromatic carbocycles. The van der Waals surface area contributed by atoms with Gasteiger partial charge >= 0.3 is 6.18 Å². The second-order valence-electron chi connectivity index (χ2n) is 22.3. The Morgan fingerprint density at radius 3 is 2.29 bits per heavy atom. The lowest BCUT2D eigenvalue weighted by atomic mass is 9.78. The van der Waals surface area contributed by atoms with Gasteiger partial charge in [0.1, 0.15) is 24.0 Å². The Balaban J connectivity index is 0.702. The first-order chi connectivity index (χ1) is 36.0. The second kappa shape index (κ2) is 25.7. The van der Waals surface area contributed by atoms with Crippen molar-refractivity contribution < 1.29 is 46.6 Å². The molecule has 16 nitrogen and oxygen atoms in total. The van der Waals surface area contributed by atoms with Crippen molar-refractivity contribution in [3.63, 3.8) is 0 Å². The van der Waals surface area contributed by atoms with Gasteiger partial charge in [-0.3, -0.25) is 29.0 Å². The molecule has 75 heavy (non-hydrogen) atoms.